The van der Waals surface area contributed by atoms with Gasteiger partial charge in [0.1, 0.15) is 5.82 Å². The molecule has 3 nitrogen and oxygen atoms in total. The lowest BCUT2D eigenvalue weighted by atomic mass is 10.0. The first-order valence-electron chi connectivity index (χ1n) is 6.23. The number of aliphatic hydroxyl groups is 1. The molecule has 1 aromatic carbocycles. The van der Waals surface area contributed by atoms with Crippen molar-refractivity contribution in [1.82, 2.24) is 9.55 Å². The van der Waals surface area contributed by atoms with E-state index in [-0.39, 0.29) is 12.6 Å². The van der Waals surface area contributed by atoms with Gasteiger partial charge in [0.15, 0.2) is 0 Å². The Hall–Kier alpha value is -1.32. The Kier molecular flexibility index (Phi) is 3.10. The summed E-state index contributed by atoms with van der Waals surface area (Å²) in [6, 6.07) is 7.84. The zero-order valence-electron chi connectivity index (χ0n) is 10.0. The largest absolute Gasteiger partial charge is 0.394 e. The molecule has 1 aliphatic rings. The second-order valence-corrected chi connectivity index (χ2v) is 5.06. The molecule has 0 aliphatic carbocycles. The number of halogens is 1. The van der Waals surface area contributed by atoms with Gasteiger partial charge in [0, 0.05) is 17.5 Å². The summed E-state index contributed by atoms with van der Waals surface area (Å²) in [7, 11) is 0. The molecule has 0 saturated carbocycles. The van der Waals surface area contributed by atoms with Gasteiger partial charge in [-0.2, -0.15) is 0 Å². The molecule has 0 bridgehead atoms. The van der Waals surface area contributed by atoms with Crippen LogP contribution in [0.4, 0.5) is 0 Å². The number of aliphatic hydroxyl groups excluding tert-OH is 1. The monoisotopic (exact) mass is 262 g/mol. The molecule has 3 rings (SSSR count). The first-order chi connectivity index (χ1) is 8.81. The predicted octanol–water partition coefficient (Wildman–Crippen LogP) is 3.07. The summed E-state index contributed by atoms with van der Waals surface area (Å²) in [4.78, 5) is 4.49. The molecule has 0 saturated heterocycles. The van der Waals surface area contributed by atoms with Gasteiger partial charge in [-0.25, -0.2) is 4.98 Å². The molecule has 1 atom stereocenters. The lowest BCUT2D eigenvalue weighted by Gasteiger charge is -2.26. The van der Waals surface area contributed by atoms with Crippen LogP contribution in [0.3, 0.4) is 0 Å². The van der Waals surface area contributed by atoms with Crippen LogP contribution >= 0.6 is 11.6 Å². The molecule has 1 aliphatic heterocycles. The molecule has 2 aromatic rings. The Bertz CT molecular complexity index is 565. The molecule has 0 spiro atoms. The predicted molar refractivity (Wildman–Crippen MR) is 71.7 cm³/mol. The van der Waals surface area contributed by atoms with Gasteiger partial charge < -0.3 is 9.67 Å². The highest BCUT2D eigenvalue weighted by molar-refractivity contribution is 6.33. The van der Waals surface area contributed by atoms with Crippen molar-refractivity contribution in [3.63, 3.8) is 0 Å². The van der Waals surface area contributed by atoms with Crippen molar-refractivity contribution in [1.29, 1.82) is 0 Å². The molecule has 18 heavy (non-hydrogen) atoms. The SMILES string of the molecule is OCC1CCCc2cnc(-c3ccccc3Cl)n21. The molecule has 4 heteroatoms. The van der Waals surface area contributed by atoms with Crippen LogP contribution in [0.25, 0.3) is 11.4 Å². The molecule has 1 unspecified atom stereocenters. The molecule has 94 valence electrons. The van der Waals surface area contributed by atoms with Crippen LogP contribution in [-0.2, 0) is 6.42 Å². The van der Waals surface area contributed by atoms with E-state index < -0.39 is 0 Å². The van der Waals surface area contributed by atoms with E-state index >= 15 is 0 Å². The first kappa shape index (κ1) is 11.8. The molecular weight excluding hydrogens is 248 g/mol. The van der Waals surface area contributed by atoms with Crippen molar-refractivity contribution >= 4 is 11.6 Å². The molecule has 0 fully saturated rings. The fraction of sp³-hybridized carbons (Fsp3) is 0.357. The Labute approximate surface area is 111 Å². The molecule has 1 N–H and O–H groups in total. The van der Waals surface area contributed by atoms with E-state index in [1.807, 2.05) is 30.5 Å². The number of aryl methyl sites for hydroxylation is 1. The third-order valence-corrected chi connectivity index (χ3v) is 3.86. The standard InChI is InChI=1S/C14H15ClN2O/c15-13-7-2-1-6-12(13)14-16-8-10-4-3-5-11(9-18)17(10)14/h1-2,6-8,11,18H,3-5,9H2. The highest BCUT2D eigenvalue weighted by Gasteiger charge is 2.23. The van der Waals surface area contributed by atoms with Gasteiger partial charge in [-0.15, -0.1) is 0 Å². The Morgan fingerprint density at radius 3 is 3.00 bits per heavy atom. The van der Waals surface area contributed by atoms with E-state index in [1.54, 1.807) is 0 Å². The number of rotatable bonds is 2. The second kappa shape index (κ2) is 4.75. The van der Waals surface area contributed by atoms with Gasteiger partial charge in [0.25, 0.3) is 0 Å². The van der Waals surface area contributed by atoms with E-state index in [2.05, 4.69) is 9.55 Å². The minimum Gasteiger partial charge on any atom is -0.394 e. The van der Waals surface area contributed by atoms with E-state index in [0.717, 1.165) is 30.7 Å². The molecular formula is C14H15ClN2O. The van der Waals surface area contributed by atoms with E-state index in [0.29, 0.717) is 5.02 Å². The van der Waals surface area contributed by atoms with Crippen molar-refractivity contribution in [3.05, 3.63) is 41.2 Å². The lowest BCUT2D eigenvalue weighted by molar-refractivity contribution is 0.208. The van der Waals surface area contributed by atoms with Gasteiger partial charge in [-0.05, 0) is 31.4 Å². The summed E-state index contributed by atoms with van der Waals surface area (Å²) in [5.41, 5.74) is 2.13. The number of fused-ring (bicyclic) bond motifs is 1. The lowest BCUT2D eigenvalue weighted by Crippen LogP contribution is -2.21. The van der Waals surface area contributed by atoms with Gasteiger partial charge >= 0.3 is 0 Å². The number of imidazole rings is 1. The normalized spacial score (nSPS) is 18.7. The molecule has 0 amide bonds. The van der Waals surface area contributed by atoms with Gasteiger partial charge in [-0.3, -0.25) is 0 Å². The quantitative estimate of drug-likeness (QED) is 0.903. The number of nitrogens with zero attached hydrogens (tertiary/aromatic N) is 2. The Morgan fingerprint density at radius 2 is 2.22 bits per heavy atom. The summed E-state index contributed by atoms with van der Waals surface area (Å²) < 4.78 is 2.14. The highest BCUT2D eigenvalue weighted by Crippen LogP contribution is 2.33. The summed E-state index contributed by atoms with van der Waals surface area (Å²) >= 11 is 6.23. The first-order valence-corrected chi connectivity index (χ1v) is 6.61. The van der Waals surface area contributed by atoms with Crippen molar-refractivity contribution in [2.75, 3.05) is 6.61 Å². The van der Waals surface area contributed by atoms with Crippen LogP contribution in [-0.4, -0.2) is 21.3 Å². The third kappa shape index (κ3) is 1.84. The average Bonchev–Trinajstić information content (AvgIpc) is 2.83. The number of benzene rings is 1. The zero-order chi connectivity index (χ0) is 12.5. The van der Waals surface area contributed by atoms with Crippen LogP contribution < -0.4 is 0 Å². The van der Waals surface area contributed by atoms with Crippen LogP contribution in [0.5, 0.6) is 0 Å². The van der Waals surface area contributed by atoms with E-state index in [1.165, 1.54) is 5.69 Å². The highest BCUT2D eigenvalue weighted by atomic mass is 35.5. The van der Waals surface area contributed by atoms with Crippen molar-refractivity contribution in [3.8, 4) is 11.4 Å². The van der Waals surface area contributed by atoms with E-state index in [4.69, 9.17) is 11.6 Å². The number of hydrogen-bond donors (Lipinski definition) is 1. The summed E-state index contributed by atoms with van der Waals surface area (Å²) in [6.45, 7) is 0.154. The van der Waals surface area contributed by atoms with E-state index in [9.17, 15) is 5.11 Å². The molecule has 0 radical (unpaired) electrons. The molecule has 2 heterocycles. The maximum absolute atomic E-state index is 9.52. The van der Waals surface area contributed by atoms with Crippen molar-refractivity contribution in [2.24, 2.45) is 0 Å². The summed E-state index contributed by atoms with van der Waals surface area (Å²) in [5, 5.41) is 10.2. The van der Waals surface area contributed by atoms with Crippen LogP contribution in [0.15, 0.2) is 30.5 Å². The Balaban J connectivity index is 2.14. The number of aromatic nitrogens is 2. The van der Waals surface area contributed by atoms with Crippen LogP contribution in [0, 0.1) is 0 Å². The van der Waals surface area contributed by atoms with Crippen molar-refractivity contribution in [2.45, 2.75) is 25.3 Å². The smallest absolute Gasteiger partial charge is 0.141 e. The zero-order valence-corrected chi connectivity index (χ0v) is 10.8. The van der Waals surface area contributed by atoms with Crippen molar-refractivity contribution < 1.29 is 5.11 Å². The van der Waals surface area contributed by atoms with Crippen LogP contribution in [0.2, 0.25) is 5.02 Å². The Morgan fingerprint density at radius 1 is 1.39 bits per heavy atom. The number of hydrogen-bond acceptors (Lipinski definition) is 2. The minimum atomic E-state index is 0.127. The van der Waals surface area contributed by atoms with Gasteiger partial charge in [-0.1, -0.05) is 23.7 Å². The fourth-order valence-corrected chi connectivity index (χ4v) is 2.87. The minimum absolute atomic E-state index is 0.127. The average molecular weight is 263 g/mol. The molecule has 1 aromatic heterocycles. The topological polar surface area (TPSA) is 38.1 Å². The fourth-order valence-electron chi connectivity index (χ4n) is 2.65. The second-order valence-electron chi connectivity index (χ2n) is 4.65. The van der Waals surface area contributed by atoms with Gasteiger partial charge in [0.2, 0.25) is 0 Å². The van der Waals surface area contributed by atoms with Gasteiger partial charge in [0.05, 0.1) is 17.7 Å². The maximum Gasteiger partial charge on any atom is 0.141 e. The van der Waals surface area contributed by atoms with Crippen LogP contribution in [0.1, 0.15) is 24.6 Å². The maximum atomic E-state index is 9.52. The summed E-state index contributed by atoms with van der Waals surface area (Å²) in [5.74, 6) is 0.870. The third-order valence-electron chi connectivity index (χ3n) is 3.53. The summed E-state index contributed by atoms with van der Waals surface area (Å²) in [6.07, 6.45) is 5.03.